The van der Waals surface area contributed by atoms with Gasteiger partial charge in [0.25, 0.3) is 0 Å². The number of hydrogen-bond acceptors (Lipinski definition) is 6. The molecule has 0 aliphatic heterocycles. The van der Waals surface area contributed by atoms with E-state index in [4.69, 9.17) is 36.4 Å². The highest BCUT2D eigenvalue weighted by Crippen LogP contribution is 2.36. The molecule has 0 bridgehead atoms. The number of para-hydroxylation sites is 2. The average Bonchev–Trinajstić information content (AvgIpc) is 3.06. The van der Waals surface area contributed by atoms with Crippen LogP contribution in [0.1, 0.15) is 36.4 Å². The fourth-order valence-electron chi connectivity index (χ4n) is 5.14. The summed E-state index contributed by atoms with van der Waals surface area (Å²) in [4.78, 5) is 9.41. The Morgan fingerprint density at radius 2 is 1.05 bits per heavy atom. The predicted octanol–water partition coefficient (Wildman–Crippen LogP) is 8.61. The Kier molecular flexibility index (Phi) is 8.29. The van der Waals surface area contributed by atoms with Crippen LogP contribution in [0.3, 0.4) is 0 Å². The number of rotatable bonds is 10. The van der Waals surface area contributed by atoms with Gasteiger partial charge in [0.15, 0.2) is 5.05 Å². The van der Waals surface area contributed by atoms with Gasteiger partial charge in [-0.25, -0.2) is 9.97 Å². The molecule has 0 saturated carbocycles. The lowest BCUT2D eigenvalue weighted by atomic mass is 9.76. The van der Waals surface area contributed by atoms with E-state index in [1.165, 1.54) is 0 Å². The average molecular weight is 585 g/mol. The summed E-state index contributed by atoms with van der Waals surface area (Å²) in [7, 11) is 0. The highest BCUT2D eigenvalue weighted by Gasteiger charge is 2.35. The molecule has 6 heteroatoms. The van der Waals surface area contributed by atoms with Crippen LogP contribution < -0.4 is 9.47 Å². The SMILES string of the molecule is CCOC(=S)C(C)(c1ccc(OCc2ccc3ccccc3n2)cc1)c1ccc(OCc2ccc3ccccc3n2)cc1. The van der Waals surface area contributed by atoms with Gasteiger partial charge in [-0.2, -0.15) is 0 Å². The van der Waals surface area contributed by atoms with Crippen molar-refractivity contribution in [2.75, 3.05) is 6.61 Å². The Labute approximate surface area is 257 Å². The number of nitrogens with zero attached hydrogens (tertiary/aromatic N) is 2. The molecule has 0 saturated heterocycles. The number of pyridine rings is 2. The van der Waals surface area contributed by atoms with Crippen LogP contribution in [-0.4, -0.2) is 21.6 Å². The molecule has 0 aliphatic carbocycles. The van der Waals surface area contributed by atoms with Crippen molar-refractivity contribution in [3.8, 4) is 11.5 Å². The van der Waals surface area contributed by atoms with Crippen molar-refractivity contribution in [3.05, 3.63) is 144 Å². The van der Waals surface area contributed by atoms with E-state index in [9.17, 15) is 0 Å². The van der Waals surface area contributed by atoms with Crippen LogP contribution in [-0.2, 0) is 23.4 Å². The maximum Gasteiger partial charge on any atom is 0.174 e. The highest BCUT2D eigenvalue weighted by molar-refractivity contribution is 7.80. The van der Waals surface area contributed by atoms with E-state index < -0.39 is 5.41 Å². The first kappa shape index (κ1) is 28.3. The van der Waals surface area contributed by atoms with E-state index in [0.717, 1.165) is 55.8 Å². The summed E-state index contributed by atoms with van der Waals surface area (Å²) in [5, 5.41) is 2.74. The van der Waals surface area contributed by atoms with Crippen LogP contribution in [0.5, 0.6) is 11.5 Å². The van der Waals surface area contributed by atoms with Crippen LogP contribution in [0.25, 0.3) is 21.8 Å². The zero-order valence-corrected chi connectivity index (χ0v) is 25.0. The van der Waals surface area contributed by atoms with Gasteiger partial charge in [-0.05, 0) is 85.7 Å². The van der Waals surface area contributed by atoms with Gasteiger partial charge >= 0.3 is 0 Å². The lowest BCUT2D eigenvalue weighted by molar-refractivity contribution is 0.300. The Bertz CT molecular complexity index is 1740. The molecule has 0 unspecified atom stereocenters. The first-order valence-corrected chi connectivity index (χ1v) is 14.8. The van der Waals surface area contributed by atoms with Crippen molar-refractivity contribution in [1.82, 2.24) is 9.97 Å². The molecule has 0 N–H and O–H groups in total. The number of thiocarbonyl (C=S) groups is 1. The third-order valence-corrected chi connectivity index (χ3v) is 8.16. The lowest BCUT2D eigenvalue weighted by Gasteiger charge is -2.31. The number of ether oxygens (including phenoxy) is 3. The topological polar surface area (TPSA) is 53.5 Å². The van der Waals surface area contributed by atoms with Gasteiger partial charge in [0.2, 0.25) is 0 Å². The summed E-state index contributed by atoms with van der Waals surface area (Å²) in [5.74, 6) is 1.52. The van der Waals surface area contributed by atoms with E-state index in [2.05, 4.69) is 31.2 Å². The van der Waals surface area contributed by atoms with E-state index in [1.807, 2.05) is 104 Å². The summed E-state index contributed by atoms with van der Waals surface area (Å²) < 4.78 is 18.1. The second kappa shape index (κ2) is 12.6. The molecule has 214 valence electrons. The normalized spacial score (nSPS) is 11.4. The summed E-state index contributed by atoms with van der Waals surface area (Å²) in [5.41, 5.74) is 5.05. The molecule has 2 heterocycles. The molecular formula is C37H32N2O3S. The number of aromatic nitrogens is 2. The van der Waals surface area contributed by atoms with Gasteiger partial charge in [0.05, 0.1) is 34.4 Å². The Hall–Kier alpha value is -4.81. The molecule has 5 nitrogen and oxygen atoms in total. The molecule has 0 atom stereocenters. The fraction of sp³-hybridized carbons (Fsp3) is 0.162. The molecular weight excluding hydrogens is 552 g/mol. The first-order valence-electron chi connectivity index (χ1n) is 14.4. The fourth-order valence-corrected chi connectivity index (χ4v) is 5.49. The van der Waals surface area contributed by atoms with Gasteiger partial charge < -0.3 is 14.2 Å². The van der Waals surface area contributed by atoms with Crippen molar-refractivity contribution in [1.29, 1.82) is 0 Å². The van der Waals surface area contributed by atoms with Gasteiger partial charge in [-0.15, -0.1) is 0 Å². The van der Waals surface area contributed by atoms with Gasteiger partial charge in [-0.3, -0.25) is 0 Å². The molecule has 0 amide bonds. The number of benzene rings is 4. The number of hydrogen-bond donors (Lipinski definition) is 0. The van der Waals surface area contributed by atoms with Crippen LogP contribution in [0, 0.1) is 0 Å². The number of fused-ring (bicyclic) bond motifs is 2. The third-order valence-electron chi connectivity index (χ3n) is 7.63. The van der Waals surface area contributed by atoms with Crippen LogP contribution in [0.15, 0.2) is 121 Å². The zero-order chi connectivity index (χ0) is 29.6. The van der Waals surface area contributed by atoms with E-state index in [-0.39, 0.29) is 0 Å². The molecule has 6 aromatic rings. The second-order valence-corrected chi connectivity index (χ2v) is 10.8. The minimum Gasteiger partial charge on any atom is -0.487 e. The maximum atomic E-state index is 6.08. The molecule has 4 aromatic carbocycles. The van der Waals surface area contributed by atoms with E-state index >= 15 is 0 Å². The van der Waals surface area contributed by atoms with Crippen molar-refractivity contribution >= 4 is 39.1 Å². The van der Waals surface area contributed by atoms with E-state index in [0.29, 0.717) is 24.9 Å². The standard InChI is InChI=1S/C37H32N2O3S/c1-3-40-36(43)37(2,28-14-20-32(21-15-28)41-24-30-18-12-26-8-4-6-10-34(26)38-30)29-16-22-33(23-17-29)42-25-31-19-13-27-9-5-7-11-35(27)39-31/h4-23H,3,24-25H2,1-2H3. The summed E-state index contributed by atoms with van der Waals surface area (Å²) in [6.07, 6.45) is 0. The first-order chi connectivity index (χ1) is 21.0. The minimum atomic E-state index is -0.651. The maximum absolute atomic E-state index is 6.08. The molecule has 43 heavy (non-hydrogen) atoms. The van der Waals surface area contributed by atoms with Crippen molar-refractivity contribution in [2.45, 2.75) is 32.5 Å². The highest BCUT2D eigenvalue weighted by atomic mass is 32.1. The predicted molar refractivity (Wildman–Crippen MR) is 176 cm³/mol. The summed E-state index contributed by atoms with van der Waals surface area (Å²) in [6, 6.07) is 40.3. The Morgan fingerprint density at radius 3 is 1.49 bits per heavy atom. The second-order valence-electron chi connectivity index (χ2n) is 10.5. The van der Waals surface area contributed by atoms with E-state index in [1.54, 1.807) is 0 Å². The summed E-state index contributed by atoms with van der Waals surface area (Å²) in [6.45, 7) is 5.30. The molecule has 0 aliphatic rings. The largest absolute Gasteiger partial charge is 0.487 e. The lowest BCUT2D eigenvalue weighted by Crippen LogP contribution is -2.34. The molecule has 2 aromatic heterocycles. The van der Waals surface area contributed by atoms with Crippen LogP contribution in [0.4, 0.5) is 0 Å². The van der Waals surface area contributed by atoms with Gasteiger partial charge in [-0.1, -0.05) is 72.8 Å². The van der Waals surface area contributed by atoms with Crippen molar-refractivity contribution in [2.24, 2.45) is 0 Å². The Balaban J connectivity index is 1.16. The minimum absolute atomic E-state index is 0.384. The molecule has 0 spiro atoms. The molecule has 6 rings (SSSR count). The Morgan fingerprint density at radius 1 is 0.605 bits per heavy atom. The van der Waals surface area contributed by atoms with Crippen molar-refractivity contribution in [3.63, 3.8) is 0 Å². The zero-order valence-electron chi connectivity index (χ0n) is 24.2. The summed E-state index contributed by atoms with van der Waals surface area (Å²) >= 11 is 5.82. The quantitative estimate of drug-likeness (QED) is 0.150. The third kappa shape index (κ3) is 6.20. The smallest absolute Gasteiger partial charge is 0.174 e. The van der Waals surface area contributed by atoms with Gasteiger partial charge in [0.1, 0.15) is 24.7 Å². The van der Waals surface area contributed by atoms with Gasteiger partial charge in [0, 0.05) is 10.8 Å². The molecule has 0 fully saturated rings. The molecule has 0 radical (unpaired) electrons. The van der Waals surface area contributed by atoms with Crippen LogP contribution in [0.2, 0.25) is 0 Å². The monoisotopic (exact) mass is 584 g/mol. The van der Waals surface area contributed by atoms with Crippen LogP contribution >= 0.6 is 12.2 Å². The van der Waals surface area contributed by atoms with Crippen molar-refractivity contribution < 1.29 is 14.2 Å².